The first kappa shape index (κ1) is 16.0. The van der Waals surface area contributed by atoms with Crippen LogP contribution >= 0.6 is 0 Å². The first-order chi connectivity index (χ1) is 12.2. The predicted molar refractivity (Wildman–Crippen MR) is 94.3 cm³/mol. The number of hydrogen-bond donors (Lipinski definition) is 1. The zero-order valence-electron chi connectivity index (χ0n) is 14.3. The van der Waals surface area contributed by atoms with Gasteiger partial charge in [-0.15, -0.1) is 0 Å². The van der Waals surface area contributed by atoms with Crippen molar-refractivity contribution in [2.24, 2.45) is 5.92 Å². The van der Waals surface area contributed by atoms with Crippen molar-refractivity contribution in [1.29, 1.82) is 0 Å². The molecule has 1 aliphatic heterocycles. The van der Waals surface area contributed by atoms with Crippen molar-refractivity contribution in [3.63, 3.8) is 0 Å². The number of morpholine rings is 1. The van der Waals surface area contributed by atoms with E-state index >= 15 is 0 Å². The molecule has 0 spiro atoms. The van der Waals surface area contributed by atoms with E-state index in [1.807, 2.05) is 23.1 Å². The predicted octanol–water partition coefficient (Wildman–Crippen LogP) is 2.51. The van der Waals surface area contributed by atoms with Gasteiger partial charge in [-0.2, -0.15) is 0 Å². The zero-order chi connectivity index (χ0) is 17.2. The third-order valence-electron chi connectivity index (χ3n) is 4.85. The van der Waals surface area contributed by atoms with Crippen LogP contribution in [0.25, 0.3) is 0 Å². The quantitative estimate of drug-likeness (QED) is 0.928. The highest BCUT2D eigenvalue weighted by molar-refractivity contribution is 5.93. The molecule has 1 saturated heterocycles. The van der Waals surface area contributed by atoms with Gasteiger partial charge < -0.3 is 15.0 Å². The highest BCUT2D eigenvalue weighted by Gasteiger charge is 2.40. The molecule has 1 aromatic carbocycles. The van der Waals surface area contributed by atoms with Crippen molar-refractivity contribution in [2.75, 3.05) is 25.5 Å². The average molecular weight is 338 g/mol. The van der Waals surface area contributed by atoms with Crippen LogP contribution in [0.4, 0.5) is 5.95 Å². The summed E-state index contributed by atoms with van der Waals surface area (Å²) in [6, 6.07) is 10.1. The third kappa shape index (κ3) is 3.49. The summed E-state index contributed by atoms with van der Waals surface area (Å²) in [6.45, 7) is 1.19. The van der Waals surface area contributed by atoms with Gasteiger partial charge in [0.05, 0.1) is 18.2 Å². The molecule has 130 valence electrons. The number of nitrogens with zero attached hydrogens (tertiary/aromatic N) is 3. The van der Waals surface area contributed by atoms with Gasteiger partial charge in [-0.25, -0.2) is 9.97 Å². The number of carbonyl (C=O) groups is 1. The van der Waals surface area contributed by atoms with Crippen LogP contribution in [-0.2, 0) is 4.74 Å². The Morgan fingerprint density at radius 1 is 1.16 bits per heavy atom. The fourth-order valence-corrected chi connectivity index (χ4v) is 3.28. The summed E-state index contributed by atoms with van der Waals surface area (Å²) >= 11 is 0. The molecule has 6 nitrogen and oxygen atoms in total. The second kappa shape index (κ2) is 6.80. The molecule has 2 atom stereocenters. The maximum Gasteiger partial charge on any atom is 0.257 e. The lowest BCUT2D eigenvalue weighted by Gasteiger charge is -2.38. The van der Waals surface area contributed by atoms with Gasteiger partial charge in [0.25, 0.3) is 5.91 Å². The first-order valence-corrected chi connectivity index (χ1v) is 8.74. The van der Waals surface area contributed by atoms with E-state index in [4.69, 9.17) is 4.74 Å². The number of amides is 1. The molecule has 2 unspecified atom stereocenters. The first-order valence-electron chi connectivity index (χ1n) is 8.74. The van der Waals surface area contributed by atoms with Crippen LogP contribution in [0.1, 0.15) is 34.9 Å². The van der Waals surface area contributed by atoms with Crippen LogP contribution in [0.5, 0.6) is 0 Å². The number of rotatable bonds is 4. The van der Waals surface area contributed by atoms with Gasteiger partial charge >= 0.3 is 0 Å². The molecule has 2 aromatic rings. The summed E-state index contributed by atoms with van der Waals surface area (Å²) in [5, 5.41) is 2.86. The minimum Gasteiger partial charge on any atom is -0.366 e. The number of nitrogens with one attached hydrogen (secondary N) is 1. The van der Waals surface area contributed by atoms with Crippen LogP contribution < -0.4 is 5.32 Å². The average Bonchev–Trinajstić information content (AvgIpc) is 3.53. The fraction of sp³-hybridized carbons (Fsp3) is 0.421. The molecule has 1 amide bonds. The molecule has 0 bridgehead atoms. The van der Waals surface area contributed by atoms with Crippen molar-refractivity contribution in [3.05, 3.63) is 53.9 Å². The van der Waals surface area contributed by atoms with Gasteiger partial charge in [-0.05, 0) is 24.3 Å². The van der Waals surface area contributed by atoms with E-state index in [1.165, 1.54) is 12.8 Å². The van der Waals surface area contributed by atoms with Crippen molar-refractivity contribution >= 4 is 11.9 Å². The molecular weight excluding hydrogens is 316 g/mol. The summed E-state index contributed by atoms with van der Waals surface area (Å²) in [7, 11) is 1.75. The largest absolute Gasteiger partial charge is 0.366 e. The third-order valence-corrected chi connectivity index (χ3v) is 4.85. The van der Waals surface area contributed by atoms with Crippen LogP contribution in [0.2, 0.25) is 0 Å². The monoisotopic (exact) mass is 338 g/mol. The van der Waals surface area contributed by atoms with Crippen molar-refractivity contribution < 1.29 is 9.53 Å². The number of carbonyl (C=O) groups excluding carboxylic acids is 1. The number of aromatic nitrogens is 2. The number of hydrogen-bond acceptors (Lipinski definition) is 5. The highest BCUT2D eigenvalue weighted by atomic mass is 16.5. The van der Waals surface area contributed by atoms with E-state index in [1.54, 1.807) is 19.4 Å². The molecule has 1 aromatic heterocycles. The molecule has 2 heterocycles. The molecule has 4 rings (SSSR count). The van der Waals surface area contributed by atoms with Crippen molar-refractivity contribution in [3.8, 4) is 0 Å². The van der Waals surface area contributed by atoms with Crippen molar-refractivity contribution in [1.82, 2.24) is 14.9 Å². The zero-order valence-corrected chi connectivity index (χ0v) is 14.3. The number of ether oxygens (including phenoxy) is 1. The van der Waals surface area contributed by atoms with E-state index in [9.17, 15) is 4.79 Å². The lowest BCUT2D eigenvalue weighted by Crippen LogP contribution is -2.47. The SMILES string of the molecule is CNc1ncc(C(=O)N2CC(c3ccccc3)OC(C3CC3)C2)cn1. The van der Waals surface area contributed by atoms with Crippen LogP contribution in [0, 0.1) is 5.92 Å². The maximum atomic E-state index is 12.9. The second-order valence-electron chi connectivity index (χ2n) is 6.67. The van der Waals surface area contributed by atoms with Gasteiger partial charge in [-0.1, -0.05) is 30.3 Å². The van der Waals surface area contributed by atoms with Gasteiger partial charge in [0.1, 0.15) is 6.10 Å². The standard InChI is InChI=1S/C19H22N4O2/c1-20-19-21-9-15(10-22-19)18(24)23-11-16(13-5-3-2-4-6-13)25-17(12-23)14-7-8-14/h2-6,9-10,14,16-17H,7-8,11-12H2,1H3,(H,20,21,22). The van der Waals surface area contributed by atoms with E-state index < -0.39 is 0 Å². The molecule has 0 radical (unpaired) electrons. The van der Waals surface area contributed by atoms with Gasteiger partial charge in [-0.3, -0.25) is 4.79 Å². The molecule has 1 saturated carbocycles. The molecule has 2 fully saturated rings. The van der Waals surface area contributed by atoms with Crippen molar-refractivity contribution in [2.45, 2.75) is 25.0 Å². The van der Waals surface area contributed by atoms with Gasteiger partial charge in [0, 0.05) is 26.0 Å². The maximum absolute atomic E-state index is 12.9. The lowest BCUT2D eigenvalue weighted by atomic mass is 10.0. The smallest absolute Gasteiger partial charge is 0.257 e. The number of anilines is 1. The van der Waals surface area contributed by atoms with Crippen LogP contribution in [0.15, 0.2) is 42.7 Å². The molecule has 1 N–H and O–H groups in total. The highest BCUT2D eigenvalue weighted by Crippen LogP contribution is 2.39. The Labute approximate surface area is 147 Å². The normalized spacial score (nSPS) is 23.3. The van der Waals surface area contributed by atoms with E-state index in [0.29, 0.717) is 30.5 Å². The molecule has 25 heavy (non-hydrogen) atoms. The molecule has 2 aliphatic rings. The van der Waals surface area contributed by atoms with Crippen LogP contribution in [-0.4, -0.2) is 47.0 Å². The van der Waals surface area contributed by atoms with Crippen LogP contribution in [0.3, 0.4) is 0 Å². The Bertz CT molecular complexity index is 731. The Morgan fingerprint density at radius 2 is 1.88 bits per heavy atom. The Balaban J connectivity index is 1.55. The van der Waals surface area contributed by atoms with E-state index in [2.05, 4.69) is 27.4 Å². The fourth-order valence-electron chi connectivity index (χ4n) is 3.28. The summed E-state index contributed by atoms with van der Waals surface area (Å²) in [5.41, 5.74) is 1.63. The second-order valence-corrected chi connectivity index (χ2v) is 6.67. The topological polar surface area (TPSA) is 67.4 Å². The summed E-state index contributed by atoms with van der Waals surface area (Å²) in [5.74, 6) is 1.05. The minimum absolute atomic E-state index is 0.0301. The molecular formula is C19H22N4O2. The van der Waals surface area contributed by atoms with Gasteiger partial charge in [0.15, 0.2) is 0 Å². The summed E-state index contributed by atoms with van der Waals surface area (Å²) in [6.07, 6.45) is 5.57. The Morgan fingerprint density at radius 3 is 2.52 bits per heavy atom. The Kier molecular flexibility index (Phi) is 4.36. The van der Waals surface area contributed by atoms with E-state index in [-0.39, 0.29) is 18.1 Å². The number of benzene rings is 1. The molecule has 1 aliphatic carbocycles. The van der Waals surface area contributed by atoms with Gasteiger partial charge in [0.2, 0.25) is 5.95 Å². The summed E-state index contributed by atoms with van der Waals surface area (Å²) in [4.78, 5) is 23.1. The minimum atomic E-state index is -0.0815. The molecule has 6 heteroatoms. The summed E-state index contributed by atoms with van der Waals surface area (Å²) < 4.78 is 6.31. The Hall–Kier alpha value is -2.47. The lowest BCUT2D eigenvalue weighted by molar-refractivity contribution is -0.0864. The van der Waals surface area contributed by atoms with E-state index in [0.717, 1.165) is 5.56 Å².